The van der Waals surface area contributed by atoms with Crippen LogP contribution in [0.1, 0.15) is 17.9 Å². The SMILES string of the molecule is O=C(Nc1nccnc1Cl)C1CC1c1ccccc1. The van der Waals surface area contributed by atoms with Crippen LogP contribution in [0.3, 0.4) is 0 Å². The van der Waals surface area contributed by atoms with Gasteiger partial charge in [0.05, 0.1) is 0 Å². The standard InChI is InChI=1S/C14H12ClN3O/c15-12-13(17-7-6-16-12)18-14(19)11-8-10(11)9-4-2-1-3-5-9/h1-7,10-11H,8H2,(H,17,18,19). The highest BCUT2D eigenvalue weighted by atomic mass is 35.5. The molecule has 5 heteroatoms. The van der Waals surface area contributed by atoms with E-state index in [4.69, 9.17) is 11.6 Å². The number of aromatic nitrogens is 2. The topological polar surface area (TPSA) is 54.9 Å². The average molecular weight is 274 g/mol. The van der Waals surface area contributed by atoms with Gasteiger partial charge in [0, 0.05) is 18.3 Å². The molecule has 19 heavy (non-hydrogen) atoms. The summed E-state index contributed by atoms with van der Waals surface area (Å²) in [6, 6.07) is 10.0. The zero-order valence-corrected chi connectivity index (χ0v) is 10.8. The van der Waals surface area contributed by atoms with Crippen LogP contribution in [-0.2, 0) is 4.79 Å². The molecule has 1 aliphatic carbocycles. The first kappa shape index (κ1) is 12.1. The lowest BCUT2D eigenvalue weighted by Crippen LogP contribution is -2.16. The van der Waals surface area contributed by atoms with Crippen molar-refractivity contribution in [2.24, 2.45) is 5.92 Å². The van der Waals surface area contributed by atoms with Crippen LogP contribution in [0.15, 0.2) is 42.7 Å². The minimum Gasteiger partial charge on any atom is -0.308 e. The number of halogens is 1. The molecule has 3 rings (SSSR count). The smallest absolute Gasteiger partial charge is 0.229 e. The molecule has 0 radical (unpaired) electrons. The molecule has 4 nitrogen and oxygen atoms in total. The minimum atomic E-state index is -0.0451. The van der Waals surface area contributed by atoms with E-state index in [9.17, 15) is 4.79 Å². The maximum Gasteiger partial charge on any atom is 0.229 e. The summed E-state index contributed by atoms with van der Waals surface area (Å²) in [6.07, 6.45) is 3.86. The average Bonchev–Trinajstić information content (AvgIpc) is 3.23. The van der Waals surface area contributed by atoms with E-state index in [2.05, 4.69) is 15.3 Å². The number of carbonyl (C=O) groups excluding carboxylic acids is 1. The second kappa shape index (κ2) is 4.97. The van der Waals surface area contributed by atoms with Crippen molar-refractivity contribution in [3.05, 3.63) is 53.4 Å². The Bertz CT molecular complexity index is 603. The van der Waals surface area contributed by atoms with Gasteiger partial charge in [-0.15, -0.1) is 0 Å². The van der Waals surface area contributed by atoms with Crippen molar-refractivity contribution in [3.8, 4) is 0 Å². The number of hydrogen-bond donors (Lipinski definition) is 1. The summed E-state index contributed by atoms with van der Waals surface area (Å²) < 4.78 is 0. The van der Waals surface area contributed by atoms with E-state index >= 15 is 0 Å². The molecule has 0 saturated heterocycles. The van der Waals surface area contributed by atoms with E-state index in [1.54, 1.807) is 0 Å². The number of carbonyl (C=O) groups is 1. The van der Waals surface area contributed by atoms with Gasteiger partial charge >= 0.3 is 0 Å². The van der Waals surface area contributed by atoms with Gasteiger partial charge in [-0.3, -0.25) is 4.79 Å². The monoisotopic (exact) mass is 273 g/mol. The first-order chi connectivity index (χ1) is 9.25. The maximum absolute atomic E-state index is 12.1. The van der Waals surface area contributed by atoms with Crippen LogP contribution in [0.2, 0.25) is 5.15 Å². The fourth-order valence-corrected chi connectivity index (χ4v) is 2.32. The van der Waals surface area contributed by atoms with E-state index in [1.807, 2.05) is 30.3 Å². The van der Waals surface area contributed by atoms with Gasteiger partial charge in [-0.1, -0.05) is 41.9 Å². The second-order valence-corrected chi connectivity index (χ2v) is 4.90. The van der Waals surface area contributed by atoms with Crippen LogP contribution in [-0.4, -0.2) is 15.9 Å². The van der Waals surface area contributed by atoms with Gasteiger partial charge in [0.15, 0.2) is 11.0 Å². The molecule has 1 aliphatic rings. The number of nitrogens with one attached hydrogen (secondary N) is 1. The molecule has 2 atom stereocenters. The molecule has 1 fully saturated rings. The third-order valence-corrected chi connectivity index (χ3v) is 3.53. The Kier molecular flexibility index (Phi) is 3.17. The third kappa shape index (κ3) is 2.58. The molecule has 1 aromatic heterocycles. The number of nitrogens with zero attached hydrogens (tertiary/aromatic N) is 2. The van der Waals surface area contributed by atoms with Gasteiger partial charge in [0.1, 0.15) is 0 Å². The lowest BCUT2D eigenvalue weighted by atomic mass is 10.1. The maximum atomic E-state index is 12.1. The predicted molar refractivity (Wildman–Crippen MR) is 73.0 cm³/mol. The van der Waals surface area contributed by atoms with Crippen molar-refractivity contribution in [3.63, 3.8) is 0 Å². The number of rotatable bonds is 3. The first-order valence-corrected chi connectivity index (χ1v) is 6.46. The first-order valence-electron chi connectivity index (χ1n) is 6.08. The summed E-state index contributed by atoms with van der Waals surface area (Å²) in [5.41, 5.74) is 1.20. The largest absolute Gasteiger partial charge is 0.308 e. The Labute approximate surface area is 115 Å². The Morgan fingerprint density at radius 1 is 1.21 bits per heavy atom. The van der Waals surface area contributed by atoms with E-state index in [1.165, 1.54) is 18.0 Å². The van der Waals surface area contributed by atoms with Gasteiger partial charge < -0.3 is 5.32 Å². The Morgan fingerprint density at radius 2 is 1.95 bits per heavy atom. The fourth-order valence-electron chi connectivity index (χ4n) is 2.17. The predicted octanol–water partition coefficient (Wildman–Crippen LogP) is 2.87. The summed E-state index contributed by atoms with van der Waals surface area (Å²) >= 11 is 5.86. The fraction of sp³-hybridized carbons (Fsp3) is 0.214. The van der Waals surface area contributed by atoms with Gasteiger partial charge in [0.25, 0.3) is 0 Å². The van der Waals surface area contributed by atoms with Gasteiger partial charge in [0.2, 0.25) is 5.91 Å². The highest BCUT2D eigenvalue weighted by Crippen LogP contribution is 2.47. The summed E-state index contributed by atoms with van der Waals surface area (Å²) in [5.74, 6) is 0.584. The Hall–Kier alpha value is -1.94. The van der Waals surface area contributed by atoms with Gasteiger partial charge in [-0.2, -0.15) is 0 Å². The molecule has 1 aromatic carbocycles. The van der Waals surface area contributed by atoms with Crippen LogP contribution in [0, 0.1) is 5.92 Å². The van der Waals surface area contributed by atoms with Crippen molar-refractivity contribution in [1.29, 1.82) is 0 Å². The van der Waals surface area contributed by atoms with E-state index in [-0.39, 0.29) is 17.0 Å². The Balaban J connectivity index is 1.66. The summed E-state index contributed by atoms with van der Waals surface area (Å²) in [6.45, 7) is 0. The van der Waals surface area contributed by atoms with Crippen LogP contribution < -0.4 is 5.32 Å². The molecular weight excluding hydrogens is 262 g/mol. The molecule has 2 aromatic rings. The quantitative estimate of drug-likeness (QED) is 0.935. The van der Waals surface area contributed by atoms with E-state index in [0.29, 0.717) is 11.7 Å². The van der Waals surface area contributed by atoms with Gasteiger partial charge in [-0.25, -0.2) is 9.97 Å². The number of benzene rings is 1. The van der Waals surface area contributed by atoms with E-state index in [0.717, 1.165) is 6.42 Å². The minimum absolute atomic E-state index is 0.000438. The lowest BCUT2D eigenvalue weighted by molar-refractivity contribution is -0.117. The third-order valence-electron chi connectivity index (χ3n) is 3.25. The molecule has 1 N–H and O–H groups in total. The molecule has 96 valence electrons. The highest BCUT2D eigenvalue weighted by Gasteiger charge is 2.44. The zero-order chi connectivity index (χ0) is 13.2. The second-order valence-electron chi connectivity index (χ2n) is 4.54. The number of amides is 1. The molecule has 1 amide bonds. The van der Waals surface area contributed by atoms with Crippen LogP contribution in [0.25, 0.3) is 0 Å². The molecule has 1 heterocycles. The molecule has 0 aliphatic heterocycles. The molecule has 0 spiro atoms. The summed E-state index contributed by atoms with van der Waals surface area (Å²) in [4.78, 5) is 20.0. The van der Waals surface area contributed by atoms with Crippen molar-refractivity contribution in [2.45, 2.75) is 12.3 Å². The molecule has 2 unspecified atom stereocenters. The van der Waals surface area contributed by atoms with Crippen molar-refractivity contribution in [1.82, 2.24) is 9.97 Å². The number of hydrogen-bond acceptors (Lipinski definition) is 3. The van der Waals surface area contributed by atoms with Crippen LogP contribution >= 0.6 is 11.6 Å². The Morgan fingerprint density at radius 3 is 2.68 bits per heavy atom. The lowest BCUT2D eigenvalue weighted by Gasteiger charge is -2.04. The molecule has 0 bridgehead atoms. The van der Waals surface area contributed by atoms with Crippen LogP contribution in [0.4, 0.5) is 5.82 Å². The molecular formula is C14H12ClN3O. The van der Waals surface area contributed by atoms with Crippen molar-refractivity contribution in [2.75, 3.05) is 5.32 Å². The van der Waals surface area contributed by atoms with Crippen molar-refractivity contribution >= 4 is 23.3 Å². The zero-order valence-electron chi connectivity index (χ0n) is 10.1. The normalized spacial score (nSPS) is 20.9. The summed E-state index contributed by atoms with van der Waals surface area (Å²) in [7, 11) is 0. The van der Waals surface area contributed by atoms with Crippen molar-refractivity contribution < 1.29 is 4.79 Å². The summed E-state index contributed by atoms with van der Waals surface area (Å²) in [5, 5.41) is 2.94. The van der Waals surface area contributed by atoms with Crippen LogP contribution in [0.5, 0.6) is 0 Å². The number of anilines is 1. The van der Waals surface area contributed by atoms with Gasteiger partial charge in [-0.05, 0) is 17.9 Å². The molecule has 1 saturated carbocycles. The highest BCUT2D eigenvalue weighted by molar-refractivity contribution is 6.32. The van der Waals surface area contributed by atoms with E-state index < -0.39 is 0 Å².